The van der Waals surface area contributed by atoms with Crippen molar-refractivity contribution < 1.29 is 4.42 Å². The molecule has 0 spiro atoms. The Morgan fingerprint density at radius 3 is 2.04 bits per heavy atom. The van der Waals surface area contributed by atoms with Gasteiger partial charge in [0.2, 0.25) is 0 Å². The number of nitrogens with zero attached hydrogens (tertiary/aromatic N) is 1. The number of furan rings is 1. The molecular formula is C24H31NO. The predicted octanol–water partition coefficient (Wildman–Crippen LogP) is 7.94. The standard InChI is InChI=1S/C20H19NO.2C2H6/c1-6-10-14-16-11-15-13(7-2)17(8-3)21(5)18(15)12-20(16)22-19(14)9-4;2*1-2/h6-12H,2-4H2,1,5H3;2*1-2H3/b10-6-;;. The monoisotopic (exact) mass is 349 g/mol. The molecule has 26 heavy (non-hydrogen) atoms. The third kappa shape index (κ3) is 3.45. The Kier molecular flexibility index (Phi) is 7.92. The molecule has 2 aromatic heterocycles. The molecule has 0 saturated carbocycles. The zero-order valence-electron chi connectivity index (χ0n) is 17.0. The molecule has 0 atom stereocenters. The molecule has 2 nitrogen and oxygen atoms in total. The topological polar surface area (TPSA) is 18.1 Å². The zero-order valence-corrected chi connectivity index (χ0v) is 17.0. The van der Waals surface area contributed by atoms with E-state index < -0.39 is 0 Å². The summed E-state index contributed by atoms with van der Waals surface area (Å²) in [4.78, 5) is 0. The van der Waals surface area contributed by atoms with E-state index >= 15 is 0 Å². The summed E-state index contributed by atoms with van der Waals surface area (Å²) in [6, 6.07) is 4.24. The number of allylic oxidation sites excluding steroid dienone is 1. The smallest absolute Gasteiger partial charge is 0.137 e. The third-order valence-electron chi connectivity index (χ3n) is 4.08. The molecule has 0 fully saturated rings. The molecule has 0 aliphatic rings. The van der Waals surface area contributed by atoms with Crippen LogP contribution in [0.4, 0.5) is 0 Å². The molecule has 3 rings (SSSR count). The first-order chi connectivity index (χ1) is 12.7. The Bertz CT molecular complexity index is 948. The van der Waals surface area contributed by atoms with Crippen LogP contribution in [0.15, 0.2) is 42.4 Å². The van der Waals surface area contributed by atoms with Crippen LogP contribution in [0.5, 0.6) is 0 Å². The minimum absolute atomic E-state index is 0.799. The highest BCUT2D eigenvalue weighted by Crippen LogP contribution is 2.35. The highest BCUT2D eigenvalue weighted by atomic mass is 16.3. The summed E-state index contributed by atoms with van der Waals surface area (Å²) in [7, 11) is 2.03. The summed E-state index contributed by atoms with van der Waals surface area (Å²) < 4.78 is 8.06. The second-order valence-corrected chi connectivity index (χ2v) is 5.22. The second-order valence-electron chi connectivity index (χ2n) is 5.22. The van der Waals surface area contributed by atoms with Gasteiger partial charge in [-0.1, -0.05) is 65.7 Å². The fourth-order valence-corrected chi connectivity index (χ4v) is 3.06. The number of rotatable bonds is 4. The van der Waals surface area contributed by atoms with Crippen molar-refractivity contribution in [2.75, 3.05) is 0 Å². The average Bonchev–Trinajstić information content (AvgIpc) is 3.17. The number of aromatic nitrogens is 1. The molecule has 138 valence electrons. The molecule has 0 aliphatic heterocycles. The van der Waals surface area contributed by atoms with Crippen LogP contribution in [0, 0.1) is 0 Å². The van der Waals surface area contributed by atoms with Crippen LogP contribution >= 0.6 is 0 Å². The van der Waals surface area contributed by atoms with Crippen LogP contribution in [0.3, 0.4) is 0 Å². The number of aryl methyl sites for hydroxylation is 1. The Balaban J connectivity index is 0.000000791. The number of hydrogen-bond donors (Lipinski definition) is 0. The third-order valence-corrected chi connectivity index (χ3v) is 4.08. The Morgan fingerprint density at radius 2 is 1.54 bits per heavy atom. The summed E-state index contributed by atoms with van der Waals surface area (Å²) in [6.45, 7) is 21.7. The molecule has 0 bridgehead atoms. The van der Waals surface area contributed by atoms with Crippen molar-refractivity contribution >= 4 is 46.2 Å². The minimum atomic E-state index is 0.799. The molecule has 0 aliphatic carbocycles. The van der Waals surface area contributed by atoms with Gasteiger partial charge in [-0.15, -0.1) is 0 Å². The lowest BCUT2D eigenvalue weighted by Crippen LogP contribution is -1.90. The Hall–Kier alpha value is -2.74. The molecule has 2 heterocycles. The maximum atomic E-state index is 5.95. The fraction of sp³-hybridized carbons (Fsp3) is 0.250. The largest absolute Gasteiger partial charge is 0.456 e. The van der Waals surface area contributed by atoms with Crippen LogP contribution in [-0.4, -0.2) is 4.57 Å². The normalized spacial score (nSPS) is 10.2. The van der Waals surface area contributed by atoms with Gasteiger partial charge in [-0.05, 0) is 25.1 Å². The first-order valence-corrected chi connectivity index (χ1v) is 9.25. The molecule has 0 unspecified atom stereocenters. The van der Waals surface area contributed by atoms with Crippen molar-refractivity contribution in [2.45, 2.75) is 34.6 Å². The van der Waals surface area contributed by atoms with Gasteiger partial charge < -0.3 is 8.98 Å². The van der Waals surface area contributed by atoms with Gasteiger partial charge in [0, 0.05) is 40.7 Å². The number of hydrogen-bond acceptors (Lipinski definition) is 1. The van der Waals surface area contributed by atoms with Gasteiger partial charge in [0.1, 0.15) is 11.3 Å². The van der Waals surface area contributed by atoms with Gasteiger partial charge in [0.15, 0.2) is 0 Å². The van der Waals surface area contributed by atoms with Gasteiger partial charge in [0.25, 0.3) is 0 Å². The van der Waals surface area contributed by atoms with Crippen molar-refractivity contribution in [1.82, 2.24) is 4.57 Å². The molecule has 3 aromatic rings. The van der Waals surface area contributed by atoms with E-state index in [1.54, 1.807) is 6.08 Å². The van der Waals surface area contributed by atoms with Gasteiger partial charge in [0.05, 0.1) is 5.52 Å². The maximum absolute atomic E-state index is 5.95. The predicted molar refractivity (Wildman–Crippen MR) is 120 cm³/mol. The summed E-state index contributed by atoms with van der Waals surface area (Å²) in [6.07, 6.45) is 9.56. The van der Waals surface area contributed by atoms with Crippen molar-refractivity contribution in [3.05, 3.63) is 60.5 Å². The summed E-state index contributed by atoms with van der Waals surface area (Å²) in [5, 5.41) is 2.24. The van der Waals surface area contributed by atoms with E-state index in [0.29, 0.717) is 0 Å². The molecule has 1 aromatic carbocycles. The van der Waals surface area contributed by atoms with Crippen LogP contribution < -0.4 is 0 Å². The van der Waals surface area contributed by atoms with Crippen molar-refractivity contribution in [3.8, 4) is 0 Å². The lowest BCUT2D eigenvalue weighted by Gasteiger charge is -1.99. The van der Waals surface area contributed by atoms with E-state index in [4.69, 9.17) is 4.42 Å². The first kappa shape index (κ1) is 21.3. The van der Waals surface area contributed by atoms with Crippen molar-refractivity contribution in [3.63, 3.8) is 0 Å². The molecule has 0 saturated heterocycles. The SMILES string of the molecule is C=Cc1oc2cc3c(cc2c1/C=C\C)c(C=C)c(C=C)n3C.CC.CC. The molecule has 2 heteroatoms. The number of fused-ring (bicyclic) bond motifs is 2. The fourth-order valence-electron chi connectivity index (χ4n) is 3.06. The maximum Gasteiger partial charge on any atom is 0.137 e. The quantitative estimate of drug-likeness (QED) is 0.467. The molecular weight excluding hydrogens is 318 g/mol. The summed E-state index contributed by atoms with van der Waals surface area (Å²) in [5.74, 6) is 0.799. The highest BCUT2D eigenvalue weighted by molar-refractivity contribution is 6.04. The molecule has 0 N–H and O–H groups in total. The molecule has 0 radical (unpaired) electrons. The van der Waals surface area contributed by atoms with Gasteiger partial charge in [-0.3, -0.25) is 0 Å². The summed E-state index contributed by atoms with van der Waals surface area (Å²) in [5.41, 5.74) is 5.20. The van der Waals surface area contributed by atoms with Crippen molar-refractivity contribution in [2.24, 2.45) is 7.05 Å². The van der Waals surface area contributed by atoms with E-state index in [1.165, 1.54) is 0 Å². The van der Waals surface area contributed by atoms with Crippen LogP contribution in [-0.2, 0) is 7.05 Å². The van der Waals surface area contributed by atoms with Gasteiger partial charge >= 0.3 is 0 Å². The lowest BCUT2D eigenvalue weighted by molar-refractivity contribution is 0.604. The van der Waals surface area contributed by atoms with Gasteiger partial charge in [-0.25, -0.2) is 0 Å². The first-order valence-electron chi connectivity index (χ1n) is 9.25. The molecule has 0 amide bonds. The lowest BCUT2D eigenvalue weighted by atomic mass is 10.1. The highest BCUT2D eigenvalue weighted by Gasteiger charge is 2.16. The van der Waals surface area contributed by atoms with E-state index in [2.05, 4.69) is 42.5 Å². The van der Waals surface area contributed by atoms with E-state index in [0.717, 1.165) is 44.5 Å². The summed E-state index contributed by atoms with van der Waals surface area (Å²) >= 11 is 0. The van der Waals surface area contributed by atoms with E-state index in [1.807, 2.05) is 59.9 Å². The number of benzene rings is 1. The zero-order chi connectivity index (χ0) is 19.9. The minimum Gasteiger partial charge on any atom is -0.456 e. The van der Waals surface area contributed by atoms with Gasteiger partial charge in [-0.2, -0.15) is 0 Å². The van der Waals surface area contributed by atoms with Crippen LogP contribution in [0.2, 0.25) is 0 Å². The Labute approximate surface area is 157 Å². The average molecular weight is 350 g/mol. The Morgan fingerprint density at radius 1 is 0.885 bits per heavy atom. The van der Waals surface area contributed by atoms with E-state index in [-0.39, 0.29) is 0 Å². The second kappa shape index (κ2) is 9.67. The van der Waals surface area contributed by atoms with Crippen molar-refractivity contribution in [1.29, 1.82) is 0 Å². The van der Waals surface area contributed by atoms with E-state index in [9.17, 15) is 0 Å². The van der Waals surface area contributed by atoms with Crippen LogP contribution in [0.25, 0.3) is 46.2 Å². The van der Waals surface area contributed by atoms with Crippen LogP contribution in [0.1, 0.15) is 57.2 Å².